The van der Waals surface area contributed by atoms with Gasteiger partial charge >= 0.3 is 0 Å². The van der Waals surface area contributed by atoms with Gasteiger partial charge in [0.05, 0.1) is 11.4 Å². The number of amides is 1. The van der Waals surface area contributed by atoms with Crippen molar-refractivity contribution in [1.29, 1.82) is 0 Å². The number of carbonyl (C=O) groups excluding carboxylic acids is 1. The van der Waals surface area contributed by atoms with Gasteiger partial charge in [-0.15, -0.1) is 0 Å². The zero-order chi connectivity index (χ0) is 23.7. The fourth-order valence-corrected chi connectivity index (χ4v) is 5.45. The van der Waals surface area contributed by atoms with E-state index in [2.05, 4.69) is 78.7 Å². The molecule has 7 heteroatoms. The molecule has 0 radical (unpaired) electrons. The molecule has 1 fully saturated rings. The van der Waals surface area contributed by atoms with E-state index in [0.29, 0.717) is 34.8 Å². The third-order valence-electron chi connectivity index (χ3n) is 5.66. The summed E-state index contributed by atoms with van der Waals surface area (Å²) >= 11 is 10.4. The molecule has 3 aromatic rings. The van der Waals surface area contributed by atoms with Crippen molar-refractivity contribution < 1.29 is 9.53 Å². The van der Waals surface area contributed by atoms with Crippen LogP contribution in [-0.4, -0.2) is 32.8 Å². The molecule has 1 aliphatic rings. The molecule has 1 aliphatic heterocycles. The molecule has 1 amide bonds. The Hall–Kier alpha value is -2.09. The predicted octanol–water partition coefficient (Wildman–Crippen LogP) is 6.96. The topological polar surface area (TPSA) is 34.5 Å². The Kier molecular flexibility index (Phi) is 7.31. The smallest absolute Gasteiger partial charge is 0.266 e. The van der Waals surface area contributed by atoms with Crippen molar-refractivity contribution in [2.75, 3.05) is 13.2 Å². The Balaban J connectivity index is 1.59. The molecule has 2 aromatic carbocycles. The fraction of sp³-hybridized carbons (Fsp3) is 0.308. The minimum Gasteiger partial charge on any atom is -0.492 e. The summed E-state index contributed by atoms with van der Waals surface area (Å²) in [5.74, 6) is 1.24. The number of thioether (sulfide) groups is 1. The van der Waals surface area contributed by atoms with Crippen molar-refractivity contribution in [3.8, 4) is 5.75 Å². The molecule has 4 rings (SSSR count). The standard InChI is InChI=1S/C26H27BrN2O2S2/c1-16(2)14-29-25(30)24(33-26(29)32)12-19-15-28(23-8-6-20(27)13-22(19)23)9-10-31-21-7-5-17(3)18(4)11-21/h5-8,11-13,15-16H,9-10,14H2,1-4H3/b24-12-. The SMILES string of the molecule is Cc1ccc(OCCn2cc(/C=C3\SC(=S)N(CC(C)C)C3=O)c3cc(Br)ccc32)cc1C. The van der Waals surface area contributed by atoms with Crippen LogP contribution < -0.4 is 4.74 Å². The Labute approximate surface area is 213 Å². The molecule has 0 unspecified atom stereocenters. The van der Waals surface area contributed by atoms with Gasteiger partial charge < -0.3 is 9.30 Å². The van der Waals surface area contributed by atoms with Crippen LogP contribution >= 0.6 is 39.9 Å². The van der Waals surface area contributed by atoms with Gasteiger partial charge in [-0.25, -0.2) is 0 Å². The molecule has 33 heavy (non-hydrogen) atoms. The van der Waals surface area contributed by atoms with Gasteiger partial charge in [-0.2, -0.15) is 0 Å². The monoisotopic (exact) mass is 542 g/mol. The highest BCUT2D eigenvalue weighted by molar-refractivity contribution is 9.10. The Bertz CT molecular complexity index is 1260. The average molecular weight is 544 g/mol. The summed E-state index contributed by atoms with van der Waals surface area (Å²) in [5, 5.41) is 1.09. The molecule has 0 spiro atoms. The van der Waals surface area contributed by atoms with Crippen LogP contribution in [0.25, 0.3) is 17.0 Å². The lowest BCUT2D eigenvalue weighted by atomic mass is 10.1. The minimum absolute atomic E-state index is 0.00679. The number of ether oxygens (including phenoxy) is 1. The van der Waals surface area contributed by atoms with Gasteiger partial charge in [0.1, 0.15) is 16.7 Å². The molecule has 4 nitrogen and oxygen atoms in total. The number of fused-ring (bicyclic) bond motifs is 1. The number of nitrogens with zero attached hydrogens (tertiary/aromatic N) is 2. The third-order valence-corrected chi connectivity index (χ3v) is 7.53. The van der Waals surface area contributed by atoms with Crippen molar-refractivity contribution in [2.45, 2.75) is 34.2 Å². The van der Waals surface area contributed by atoms with E-state index in [1.807, 2.05) is 18.2 Å². The summed E-state index contributed by atoms with van der Waals surface area (Å²) in [6.45, 7) is 10.3. The van der Waals surface area contributed by atoms with Gasteiger partial charge in [0.25, 0.3) is 5.91 Å². The lowest BCUT2D eigenvalue weighted by Crippen LogP contribution is -2.31. The number of thiocarbonyl (C=S) groups is 1. The zero-order valence-electron chi connectivity index (χ0n) is 19.2. The maximum atomic E-state index is 13.0. The summed E-state index contributed by atoms with van der Waals surface area (Å²) in [5.41, 5.74) is 4.59. The van der Waals surface area contributed by atoms with Crippen LogP contribution in [0.15, 0.2) is 52.0 Å². The molecule has 1 saturated heterocycles. The third kappa shape index (κ3) is 5.36. The lowest BCUT2D eigenvalue weighted by molar-refractivity contribution is -0.122. The second kappa shape index (κ2) is 10.0. The fourth-order valence-electron chi connectivity index (χ4n) is 3.83. The molecule has 172 valence electrons. The molecule has 1 aromatic heterocycles. The number of hydrogen-bond acceptors (Lipinski definition) is 4. The summed E-state index contributed by atoms with van der Waals surface area (Å²) in [7, 11) is 0. The first kappa shape index (κ1) is 24.0. The first-order valence-electron chi connectivity index (χ1n) is 11.0. The molecule has 0 N–H and O–H groups in total. The molecular formula is C26H27BrN2O2S2. The summed E-state index contributed by atoms with van der Waals surface area (Å²) in [4.78, 5) is 15.3. The van der Waals surface area contributed by atoms with Crippen LogP contribution in [-0.2, 0) is 11.3 Å². The highest BCUT2D eigenvalue weighted by atomic mass is 79.9. The van der Waals surface area contributed by atoms with E-state index in [0.717, 1.165) is 26.7 Å². The van der Waals surface area contributed by atoms with E-state index in [1.165, 1.54) is 22.9 Å². The van der Waals surface area contributed by atoms with E-state index in [9.17, 15) is 4.79 Å². The van der Waals surface area contributed by atoms with Gasteiger partial charge in [-0.05, 0) is 67.3 Å². The predicted molar refractivity (Wildman–Crippen MR) is 146 cm³/mol. The number of rotatable bonds is 7. The van der Waals surface area contributed by atoms with Crippen LogP contribution in [0.2, 0.25) is 0 Å². The normalized spacial score (nSPS) is 15.5. The molecule has 0 atom stereocenters. The minimum atomic E-state index is -0.00679. The van der Waals surface area contributed by atoms with E-state index >= 15 is 0 Å². The first-order chi connectivity index (χ1) is 15.7. The van der Waals surface area contributed by atoms with Gasteiger partial charge in [-0.3, -0.25) is 9.69 Å². The largest absolute Gasteiger partial charge is 0.492 e. The quantitative estimate of drug-likeness (QED) is 0.239. The number of aromatic nitrogens is 1. The van der Waals surface area contributed by atoms with Gasteiger partial charge in [0.2, 0.25) is 0 Å². The molecule has 0 aliphatic carbocycles. The van der Waals surface area contributed by atoms with E-state index < -0.39 is 0 Å². The molecule has 0 bridgehead atoms. The highest BCUT2D eigenvalue weighted by Gasteiger charge is 2.32. The lowest BCUT2D eigenvalue weighted by Gasteiger charge is -2.16. The number of hydrogen-bond donors (Lipinski definition) is 0. The highest BCUT2D eigenvalue weighted by Crippen LogP contribution is 2.35. The Morgan fingerprint density at radius 3 is 2.67 bits per heavy atom. The van der Waals surface area contributed by atoms with Crippen molar-refractivity contribution >= 4 is 67.1 Å². The van der Waals surface area contributed by atoms with Crippen LogP contribution in [0, 0.1) is 19.8 Å². The average Bonchev–Trinajstić information content (AvgIpc) is 3.22. The number of halogens is 1. The van der Waals surface area contributed by atoms with Gasteiger partial charge in [0.15, 0.2) is 0 Å². The van der Waals surface area contributed by atoms with Crippen LogP contribution in [0.3, 0.4) is 0 Å². The summed E-state index contributed by atoms with van der Waals surface area (Å²) in [6, 6.07) is 12.4. The summed E-state index contributed by atoms with van der Waals surface area (Å²) in [6.07, 6.45) is 4.06. The second-order valence-corrected chi connectivity index (χ2v) is 11.3. The summed E-state index contributed by atoms with van der Waals surface area (Å²) < 4.78 is 9.83. The van der Waals surface area contributed by atoms with E-state index in [4.69, 9.17) is 17.0 Å². The molecular weight excluding hydrogens is 516 g/mol. The van der Waals surface area contributed by atoms with Gasteiger partial charge in [-0.1, -0.05) is 59.8 Å². The maximum Gasteiger partial charge on any atom is 0.266 e. The Morgan fingerprint density at radius 2 is 1.94 bits per heavy atom. The molecule has 2 heterocycles. The van der Waals surface area contributed by atoms with Crippen LogP contribution in [0.1, 0.15) is 30.5 Å². The van der Waals surface area contributed by atoms with Crippen LogP contribution in [0.5, 0.6) is 5.75 Å². The first-order valence-corrected chi connectivity index (χ1v) is 13.0. The van der Waals surface area contributed by atoms with Crippen molar-refractivity contribution in [3.05, 3.63) is 68.7 Å². The van der Waals surface area contributed by atoms with Gasteiger partial charge in [0, 0.05) is 33.7 Å². The Morgan fingerprint density at radius 1 is 1.15 bits per heavy atom. The van der Waals surface area contributed by atoms with Crippen molar-refractivity contribution in [1.82, 2.24) is 9.47 Å². The molecule has 0 saturated carbocycles. The number of carbonyl (C=O) groups is 1. The zero-order valence-corrected chi connectivity index (χ0v) is 22.4. The second-order valence-electron chi connectivity index (χ2n) is 8.72. The van der Waals surface area contributed by atoms with Crippen molar-refractivity contribution in [3.63, 3.8) is 0 Å². The number of benzene rings is 2. The van der Waals surface area contributed by atoms with E-state index in [-0.39, 0.29) is 5.91 Å². The van der Waals surface area contributed by atoms with E-state index in [1.54, 1.807) is 4.90 Å². The van der Waals surface area contributed by atoms with Crippen LogP contribution in [0.4, 0.5) is 0 Å². The number of aryl methyl sites for hydroxylation is 2. The maximum absolute atomic E-state index is 13.0. The van der Waals surface area contributed by atoms with Crippen molar-refractivity contribution in [2.24, 2.45) is 5.92 Å².